The summed E-state index contributed by atoms with van der Waals surface area (Å²) in [6.07, 6.45) is 3.51. The maximum absolute atomic E-state index is 5.68. The summed E-state index contributed by atoms with van der Waals surface area (Å²) in [6.45, 7) is 1.95. The lowest BCUT2D eigenvalue weighted by molar-refractivity contribution is 0.771. The molecule has 2 aromatic rings. The number of aromatic nitrogens is 3. The van der Waals surface area contributed by atoms with E-state index in [-0.39, 0.29) is 0 Å². The van der Waals surface area contributed by atoms with E-state index in [2.05, 4.69) is 15.4 Å². The molecule has 0 fully saturated rings. The van der Waals surface area contributed by atoms with Crippen LogP contribution in [0.1, 0.15) is 5.56 Å². The highest BCUT2D eigenvalue weighted by Gasteiger charge is 2.00. The van der Waals surface area contributed by atoms with E-state index in [0.29, 0.717) is 5.69 Å². The van der Waals surface area contributed by atoms with Crippen LogP contribution in [0.4, 0.5) is 17.3 Å². The van der Waals surface area contributed by atoms with E-state index in [1.54, 1.807) is 10.9 Å². The van der Waals surface area contributed by atoms with Crippen LogP contribution < -0.4 is 11.1 Å². The van der Waals surface area contributed by atoms with Gasteiger partial charge in [0, 0.05) is 19.3 Å². The first-order valence-corrected chi connectivity index (χ1v) is 4.64. The minimum absolute atomic E-state index is 0.696. The normalized spacial score (nSPS) is 10.3. The number of pyridine rings is 1. The van der Waals surface area contributed by atoms with Crippen LogP contribution in [0.2, 0.25) is 0 Å². The molecule has 0 aliphatic rings. The number of hydrogen-bond donors (Lipinski definition) is 2. The topological polar surface area (TPSA) is 68.8 Å². The molecule has 0 bridgehead atoms. The average molecular weight is 203 g/mol. The number of rotatable bonds is 2. The Hall–Kier alpha value is -2.04. The molecule has 0 aliphatic carbocycles. The highest BCUT2D eigenvalue weighted by molar-refractivity contribution is 5.56. The third kappa shape index (κ3) is 2.07. The second-order valence-corrected chi connectivity index (χ2v) is 3.43. The fraction of sp³-hybridized carbons (Fsp3) is 0.200. The van der Waals surface area contributed by atoms with Gasteiger partial charge in [-0.05, 0) is 18.6 Å². The predicted molar refractivity (Wildman–Crippen MR) is 59.9 cm³/mol. The summed E-state index contributed by atoms with van der Waals surface area (Å²) in [4.78, 5) is 4.16. The van der Waals surface area contributed by atoms with Gasteiger partial charge in [-0.2, -0.15) is 5.10 Å². The highest BCUT2D eigenvalue weighted by atomic mass is 15.3. The van der Waals surface area contributed by atoms with Gasteiger partial charge in [0.1, 0.15) is 5.82 Å². The van der Waals surface area contributed by atoms with Gasteiger partial charge in [-0.15, -0.1) is 0 Å². The van der Waals surface area contributed by atoms with Crippen LogP contribution in [0, 0.1) is 6.92 Å². The van der Waals surface area contributed by atoms with Crippen LogP contribution in [0.5, 0.6) is 0 Å². The van der Waals surface area contributed by atoms with Crippen molar-refractivity contribution in [2.24, 2.45) is 7.05 Å². The van der Waals surface area contributed by atoms with E-state index in [0.717, 1.165) is 17.2 Å². The summed E-state index contributed by atoms with van der Waals surface area (Å²) >= 11 is 0. The number of nitrogens with zero attached hydrogens (tertiary/aromatic N) is 3. The highest BCUT2D eigenvalue weighted by Crippen LogP contribution is 2.16. The van der Waals surface area contributed by atoms with Crippen LogP contribution in [-0.4, -0.2) is 14.8 Å². The van der Waals surface area contributed by atoms with Gasteiger partial charge in [0.2, 0.25) is 0 Å². The van der Waals surface area contributed by atoms with Crippen molar-refractivity contribution >= 4 is 17.3 Å². The molecule has 0 saturated carbocycles. The minimum Gasteiger partial charge on any atom is -0.397 e. The van der Waals surface area contributed by atoms with Crippen LogP contribution in [0.15, 0.2) is 24.5 Å². The third-order valence-electron chi connectivity index (χ3n) is 2.12. The van der Waals surface area contributed by atoms with Crippen LogP contribution in [0.25, 0.3) is 0 Å². The minimum atomic E-state index is 0.696. The van der Waals surface area contributed by atoms with Gasteiger partial charge in [-0.3, -0.25) is 4.68 Å². The van der Waals surface area contributed by atoms with Crippen molar-refractivity contribution in [2.75, 3.05) is 11.1 Å². The molecule has 2 aromatic heterocycles. The molecular weight excluding hydrogens is 190 g/mol. The SMILES string of the molecule is Cc1cc(Nc2ccn(C)n2)ncc1N. The first-order chi connectivity index (χ1) is 7.15. The van der Waals surface area contributed by atoms with Crippen molar-refractivity contribution in [3.05, 3.63) is 30.1 Å². The molecule has 0 aliphatic heterocycles. The Kier molecular flexibility index (Phi) is 2.29. The van der Waals surface area contributed by atoms with Crippen LogP contribution in [0.3, 0.4) is 0 Å². The average Bonchev–Trinajstić information content (AvgIpc) is 2.58. The Bertz CT molecular complexity index is 474. The van der Waals surface area contributed by atoms with E-state index in [1.165, 1.54) is 0 Å². The van der Waals surface area contributed by atoms with Crippen molar-refractivity contribution in [3.63, 3.8) is 0 Å². The van der Waals surface area contributed by atoms with Gasteiger partial charge < -0.3 is 11.1 Å². The Morgan fingerprint density at radius 2 is 2.20 bits per heavy atom. The number of hydrogen-bond acceptors (Lipinski definition) is 4. The number of nitrogens with two attached hydrogens (primary N) is 1. The summed E-state index contributed by atoms with van der Waals surface area (Å²) in [5.74, 6) is 1.52. The molecule has 0 saturated heterocycles. The standard InChI is InChI=1S/C10H13N5/c1-7-5-10(12-6-8(7)11)13-9-3-4-15(2)14-9/h3-6H,11H2,1-2H3,(H,12,13,14). The molecule has 0 radical (unpaired) electrons. The molecule has 15 heavy (non-hydrogen) atoms. The van der Waals surface area contributed by atoms with Crippen LogP contribution >= 0.6 is 0 Å². The first-order valence-electron chi connectivity index (χ1n) is 4.64. The van der Waals surface area contributed by atoms with E-state index in [9.17, 15) is 0 Å². The van der Waals surface area contributed by atoms with Gasteiger partial charge in [0.05, 0.1) is 11.9 Å². The second kappa shape index (κ2) is 3.61. The molecule has 0 atom stereocenters. The lowest BCUT2D eigenvalue weighted by Gasteiger charge is -2.04. The van der Waals surface area contributed by atoms with Crippen molar-refractivity contribution in [1.29, 1.82) is 0 Å². The Morgan fingerprint density at radius 3 is 2.80 bits per heavy atom. The molecule has 78 valence electrons. The van der Waals surface area contributed by atoms with Crippen molar-refractivity contribution in [2.45, 2.75) is 6.92 Å². The molecular formula is C10H13N5. The van der Waals surface area contributed by atoms with E-state index >= 15 is 0 Å². The summed E-state index contributed by atoms with van der Waals surface area (Å²) in [6, 6.07) is 3.78. The van der Waals surface area contributed by atoms with Crippen LogP contribution in [-0.2, 0) is 7.05 Å². The number of nitrogen functional groups attached to an aromatic ring is 1. The summed E-state index contributed by atoms with van der Waals surface area (Å²) < 4.78 is 1.73. The maximum Gasteiger partial charge on any atom is 0.153 e. The smallest absolute Gasteiger partial charge is 0.153 e. The molecule has 5 heteroatoms. The maximum atomic E-state index is 5.68. The van der Waals surface area contributed by atoms with Crippen molar-refractivity contribution in [1.82, 2.24) is 14.8 Å². The number of nitrogens with one attached hydrogen (secondary N) is 1. The first kappa shape index (κ1) is 9.51. The van der Waals surface area contributed by atoms with Gasteiger partial charge in [-0.1, -0.05) is 0 Å². The monoisotopic (exact) mass is 203 g/mol. The molecule has 2 rings (SSSR count). The quantitative estimate of drug-likeness (QED) is 0.775. The number of anilines is 3. The summed E-state index contributed by atoms with van der Waals surface area (Å²) in [7, 11) is 1.87. The second-order valence-electron chi connectivity index (χ2n) is 3.43. The lowest BCUT2D eigenvalue weighted by atomic mass is 10.2. The Labute approximate surface area is 87.9 Å². The third-order valence-corrected chi connectivity index (χ3v) is 2.12. The largest absolute Gasteiger partial charge is 0.397 e. The van der Waals surface area contributed by atoms with Gasteiger partial charge in [0.25, 0.3) is 0 Å². The molecule has 0 unspecified atom stereocenters. The zero-order valence-electron chi connectivity index (χ0n) is 8.73. The fourth-order valence-corrected chi connectivity index (χ4v) is 1.25. The molecule has 0 amide bonds. The van der Waals surface area contributed by atoms with Gasteiger partial charge in [0.15, 0.2) is 5.82 Å². The fourth-order valence-electron chi connectivity index (χ4n) is 1.25. The van der Waals surface area contributed by atoms with E-state index in [1.807, 2.05) is 32.3 Å². The van der Waals surface area contributed by atoms with Crippen molar-refractivity contribution in [3.8, 4) is 0 Å². The molecule has 0 aromatic carbocycles. The van der Waals surface area contributed by atoms with E-state index in [4.69, 9.17) is 5.73 Å². The number of aryl methyl sites for hydroxylation is 2. The molecule has 5 nitrogen and oxygen atoms in total. The van der Waals surface area contributed by atoms with Crippen molar-refractivity contribution < 1.29 is 0 Å². The van der Waals surface area contributed by atoms with Gasteiger partial charge >= 0.3 is 0 Å². The molecule has 3 N–H and O–H groups in total. The summed E-state index contributed by atoms with van der Waals surface area (Å²) in [5, 5.41) is 7.29. The Balaban J connectivity index is 2.21. The summed E-state index contributed by atoms with van der Waals surface area (Å²) in [5.41, 5.74) is 7.38. The molecule has 2 heterocycles. The Morgan fingerprint density at radius 1 is 1.40 bits per heavy atom. The zero-order valence-corrected chi connectivity index (χ0v) is 8.73. The molecule has 0 spiro atoms. The zero-order chi connectivity index (χ0) is 10.8. The predicted octanol–water partition coefficient (Wildman–Crippen LogP) is 1.45. The van der Waals surface area contributed by atoms with E-state index < -0.39 is 0 Å². The lowest BCUT2D eigenvalue weighted by Crippen LogP contribution is -1.98. The van der Waals surface area contributed by atoms with Gasteiger partial charge in [-0.25, -0.2) is 4.98 Å².